The molecule has 2 aliphatic rings. The molecule has 0 bridgehead atoms. The number of nitrogens with zero attached hydrogens (tertiary/aromatic N) is 2. The third-order valence-corrected chi connectivity index (χ3v) is 6.59. The van der Waals surface area contributed by atoms with Crippen LogP contribution in [0.25, 0.3) is 10.9 Å². The van der Waals surface area contributed by atoms with Crippen LogP contribution < -0.4 is 0 Å². The first-order chi connectivity index (χ1) is 14.4. The maximum atomic E-state index is 13.1. The zero-order chi connectivity index (χ0) is 20.9. The van der Waals surface area contributed by atoms with E-state index >= 15 is 0 Å². The Morgan fingerprint density at radius 2 is 1.63 bits per heavy atom. The Morgan fingerprint density at radius 1 is 0.933 bits per heavy atom. The van der Waals surface area contributed by atoms with Gasteiger partial charge in [0, 0.05) is 53.1 Å². The second kappa shape index (κ2) is 7.13. The van der Waals surface area contributed by atoms with Gasteiger partial charge in [-0.15, -0.1) is 0 Å². The molecule has 1 spiro atoms. The molecule has 3 aromatic rings. The van der Waals surface area contributed by atoms with Gasteiger partial charge in [-0.25, -0.2) is 4.39 Å². The number of halogens is 2. The van der Waals surface area contributed by atoms with Crippen LogP contribution >= 0.6 is 11.6 Å². The number of fused-ring (bicyclic) bond motifs is 1. The van der Waals surface area contributed by atoms with Crippen molar-refractivity contribution >= 4 is 34.3 Å². The number of benzene rings is 2. The summed E-state index contributed by atoms with van der Waals surface area (Å²) in [5, 5.41) is 1.57. The minimum Gasteiger partial charge on any atom is -0.351 e. The standard InChI is InChI=1S/C23H21ClFN3O2/c24-17-3-6-19-16(11-17)12-20(26-19)22(30)28-13-23(14-28)7-9-27(10-8-23)21(29)15-1-4-18(25)5-2-15/h1-6,11-12,26H,7-10,13-14H2. The van der Waals surface area contributed by atoms with E-state index < -0.39 is 0 Å². The summed E-state index contributed by atoms with van der Waals surface area (Å²) in [6, 6.07) is 13.0. The Morgan fingerprint density at radius 3 is 2.33 bits per heavy atom. The van der Waals surface area contributed by atoms with Crippen molar-refractivity contribution in [2.75, 3.05) is 26.2 Å². The van der Waals surface area contributed by atoms with Crippen LogP contribution in [0.5, 0.6) is 0 Å². The van der Waals surface area contributed by atoms with Crippen LogP contribution in [0.3, 0.4) is 0 Å². The third-order valence-electron chi connectivity index (χ3n) is 6.36. The third kappa shape index (κ3) is 3.35. The average Bonchev–Trinajstić information content (AvgIpc) is 3.15. The monoisotopic (exact) mass is 425 g/mol. The summed E-state index contributed by atoms with van der Waals surface area (Å²) >= 11 is 6.03. The molecule has 5 nitrogen and oxygen atoms in total. The maximum Gasteiger partial charge on any atom is 0.270 e. The van der Waals surface area contributed by atoms with Gasteiger partial charge in [0.2, 0.25) is 0 Å². The van der Waals surface area contributed by atoms with Crippen LogP contribution in [0.1, 0.15) is 33.7 Å². The summed E-state index contributed by atoms with van der Waals surface area (Å²) in [4.78, 5) is 32.3. The van der Waals surface area contributed by atoms with Gasteiger partial charge in [-0.3, -0.25) is 9.59 Å². The molecule has 0 atom stereocenters. The van der Waals surface area contributed by atoms with Crippen molar-refractivity contribution < 1.29 is 14.0 Å². The van der Waals surface area contributed by atoms with Crippen LogP contribution in [0, 0.1) is 11.2 Å². The van der Waals surface area contributed by atoms with Gasteiger partial charge in [0.1, 0.15) is 11.5 Å². The molecule has 1 aromatic heterocycles. The topological polar surface area (TPSA) is 56.4 Å². The zero-order valence-corrected chi connectivity index (χ0v) is 17.1. The lowest BCUT2D eigenvalue weighted by Gasteiger charge is -2.53. The molecule has 1 N–H and O–H groups in total. The number of piperidine rings is 1. The molecule has 0 unspecified atom stereocenters. The van der Waals surface area contributed by atoms with E-state index in [-0.39, 0.29) is 23.0 Å². The first kappa shape index (κ1) is 19.1. The number of H-pyrrole nitrogens is 1. The fourth-order valence-electron chi connectivity index (χ4n) is 4.57. The molecule has 2 aliphatic heterocycles. The second-order valence-electron chi connectivity index (χ2n) is 8.37. The van der Waals surface area contributed by atoms with Crippen LogP contribution in [0.15, 0.2) is 48.5 Å². The van der Waals surface area contributed by atoms with Gasteiger partial charge in [-0.2, -0.15) is 0 Å². The van der Waals surface area contributed by atoms with Crippen LogP contribution in [-0.4, -0.2) is 52.8 Å². The molecule has 5 rings (SSSR count). The Kier molecular flexibility index (Phi) is 4.54. The van der Waals surface area contributed by atoms with Gasteiger partial charge in [0.05, 0.1) is 0 Å². The number of likely N-dealkylation sites (tertiary alicyclic amines) is 2. The van der Waals surface area contributed by atoms with E-state index in [1.54, 1.807) is 6.07 Å². The van der Waals surface area contributed by atoms with Gasteiger partial charge in [-0.1, -0.05) is 11.6 Å². The van der Waals surface area contributed by atoms with Crippen molar-refractivity contribution in [3.8, 4) is 0 Å². The molecule has 2 amide bonds. The first-order valence-electron chi connectivity index (χ1n) is 10.0. The molecule has 0 aliphatic carbocycles. The van der Waals surface area contributed by atoms with Crippen molar-refractivity contribution in [3.05, 3.63) is 70.6 Å². The molecule has 7 heteroatoms. The molecule has 2 aromatic carbocycles. The number of carbonyl (C=O) groups is 2. The highest BCUT2D eigenvalue weighted by atomic mass is 35.5. The number of amides is 2. The van der Waals surface area contributed by atoms with Gasteiger partial charge in [-0.05, 0) is 61.4 Å². The Balaban J connectivity index is 1.20. The SMILES string of the molecule is O=C(c1ccc(F)cc1)N1CCC2(CC1)CN(C(=O)c1cc3cc(Cl)ccc3[nH]1)C2. The summed E-state index contributed by atoms with van der Waals surface area (Å²) in [6.07, 6.45) is 1.73. The molecular weight excluding hydrogens is 405 g/mol. The Labute approximate surface area is 178 Å². The van der Waals surface area contributed by atoms with E-state index in [1.807, 2.05) is 28.0 Å². The lowest BCUT2D eigenvalue weighted by Crippen LogP contribution is -2.62. The molecule has 30 heavy (non-hydrogen) atoms. The minimum absolute atomic E-state index is 0.00207. The van der Waals surface area contributed by atoms with Gasteiger partial charge >= 0.3 is 0 Å². The van der Waals surface area contributed by atoms with Crippen molar-refractivity contribution in [1.82, 2.24) is 14.8 Å². The van der Waals surface area contributed by atoms with Crippen molar-refractivity contribution in [1.29, 1.82) is 0 Å². The van der Waals surface area contributed by atoms with Crippen molar-refractivity contribution in [3.63, 3.8) is 0 Å². The first-order valence-corrected chi connectivity index (χ1v) is 10.4. The number of aromatic amines is 1. The van der Waals surface area contributed by atoms with Gasteiger partial charge in [0.25, 0.3) is 11.8 Å². The summed E-state index contributed by atoms with van der Waals surface area (Å²) in [6.45, 7) is 2.73. The van der Waals surface area contributed by atoms with Crippen molar-refractivity contribution in [2.24, 2.45) is 5.41 Å². The molecule has 154 valence electrons. The van der Waals surface area contributed by atoms with Crippen LogP contribution in [0.4, 0.5) is 4.39 Å². The second-order valence-corrected chi connectivity index (χ2v) is 8.81. The van der Waals surface area contributed by atoms with Gasteiger partial charge < -0.3 is 14.8 Å². The highest BCUT2D eigenvalue weighted by Gasteiger charge is 2.47. The zero-order valence-electron chi connectivity index (χ0n) is 16.3. The number of carbonyl (C=O) groups excluding carboxylic acids is 2. The molecule has 0 radical (unpaired) electrons. The van der Waals surface area contributed by atoms with Crippen LogP contribution in [0.2, 0.25) is 5.02 Å². The van der Waals surface area contributed by atoms with E-state index in [9.17, 15) is 14.0 Å². The Bertz CT molecular complexity index is 1130. The number of hydrogen-bond acceptors (Lipinski definition) is 2. The molecular formula is C23H21ClFN3O2. The summed E-state index contributed by atoms with van der Waals surface area (Å²) in [7, 11) is 0. The van der Waals surface area contributed by atoms with E-state index in [2.05, 4.69) is 4.98 Å². The predicted molar refractivity (Wildman–Crippen MR) is 113 cm³/mol. The number of aromatic nitrogens is 1. The Hall–Kier alpha value is -2.86. The molecule has 0 saturated carbocycles. The normalized spacial score (nSPS) is 17.9. The molecule has 3 heterocycles. The number of rotatable bonds is 2. The fourth-order valence-corrected chi connectivity index (χ4v) is 4.75. The summed E-state index contributed by atoms with van der Waals surface area (Å²) in [5.41, 5.74) is 2.07. The maximum absolute atomic E-state index is 13.1. The summed E-state index contributed by atoms with van der Waals surface area (Å²) < 4.78 is 13.1. The smallest absolute Gasteiger partial charge is 0.270 e. The lowest BCUT2D eigenvalue weighted by atomic mass is 9.72. The minimum atomic E-state index is -0.346. The van der Waals surface area contributed by atoms with E-state index in [1.165, 1.54) is 24.3 Å². The number of nitrogens with one attached hydrogen (secondary N) is 1. The fraction of sp³-hybridized carbons (Fsp3) is 0.304. The van der Waals surface area contributed by atoms with E-state index in [4.69, 9.17) is 11.6 Å². The van der Waals surface area contributed by atoms with Gasteiger partial charge in [0.15, 0.2) is 0 Å². The van der Waals surface area contributed by atoms with E-state index in [0.29, 0.717) is 42.5 Å². The molecule has 2 fully saturated rings. The number of hydrogen-bond donors (Lipinski definition) is 1. The van der Waals surface area contributed by atoms with Crippen molar-refractivity contribution in [2.45, 2.75) is 12.8 Å². The lowest BCUT2D eigenvalue weighted by molar-refractivity contribution is -0.0290. The van der Waals surface area contributed by atoms with Crippen LogP contribution in [-0.2, 0) is 0 Å². The molecule has 2 saturated heterocycles. The predicted octanol–water partition coefficient (Wildman–Crippen LogP) is 4.34. The van der Waals surface area contributed by atoms with E-state index in [0.717, 1.165) is 23.7 Å². The quantitative estimate of drug-likeness (QED) is 0.664. The highest BCUT2D eigenvalue weighted by Crippen LogP contribution is 2.41. The highest BCUT2D eigenvalue weighted by molar-refractivity contribution is 6.31. The summed E-state index contributed by atoms with van der Waals surface area (Å²) in [5.74, 6) is -0.409. The largest absolute Gasteiger partial charge is 0.351 e. The average molecular weight is 426 g/mol.